The first-order valence-electron chi connectivity index (χ1n) is 4.50. The lowest BCUT2D eigenvalue weighted by atomic mass is 10.2. The fourth-order valence-corrected chi connectivity index (χ4v) is 1.44. The van der Waals surface area contributed by atoms with Crippen LogP contribution >= 0.6 is 0 Å². The van der Waals surface area contributed by atoms with Crippen LogP contribution < -0.4 is 10.5 Å². The Morgan fingerprint density at radius 3 is 2.81 bits per heavy atom. The highest BCUT2D eigenvalue weighted by Gasteiger charge is 2.09. The Bertz CT molecular complexity index is 568. The Kier molecular flexibility index (Phi) is 2.32. The molecular formula is C10H9N3O3. The van der Waals surface area contributed by atoms with Crippen LogP contribution in [0.25, 0.3) is 10.9 Å². The van der Waals surface area contributed by atoms with E-state index in [1.54, 1.807) is 12.1 Å². The number of non-ortho nitro benzene ring substituents is 1. The van der Waals surface area contributed by atoms with Gasteiger partial charge in [-0.15, -0.1) is 0 Å². The second kappa shape index (κ2) is 3.65. The number of nitro benzene ring substituents is 1. The SMILES string of the molecule is COc1cc2cc([N+](=O)[O-])ccc2nc1N. The summed E-state index contributed by atoms with van der Waals surface area (Å²) >= 11 is 0. The normalized spacial score (nSPS) is 10.3. The first-order chi connectivity index (χ1) is 7.61. The maximum Gasteiger partial charge on any atom is 0.270 e. The molecule has 0 radical (unpaired) electrons. The van der Waals surface area contributed by atoms with Crippen LogP contribution in [0.15, 0.2) is 24.3 Å². The first-order valence-corrected chi connectivity index (χ1v) is 4.50. The van der Waals surface area contributed by atoms with Gasteiger partial charge in [-0.3, -0.25) is 10.1 Å². The second-order valence-electron chi connectivity index (χ2n) is 3.21. The smallest absolute Gasteiger partial charge is 0.270 e. The lowest BCUT2D eigenvalue weighted by Crippen LogP contribution is -1.96. The van der Waals surface area contributed by atoms with Crippen LogP contribution in [-0.4, -0.2) is 17.0 Å². The summed E-state index contributed by atoms with van der Waals surface area (Å²) in [7, 11) is 1.47. The zero-order valence-corrected chi connectivity index (χ0v) is 8.51. The van der Waals surface area contributed by atoms with Gasteiger partial charge < -0.3 is 10.5 Å². The molecule has 0 atom stereocenters. The highest BCUT2D eigenvalue weighted by atomic mass is 16.6. The van der Waals surface area contributed by atoms with Gasteiger partial charge in [0, 0.05) is 17.5 Å². The molecule has 16 heavy (non-hydrogen) atoms. The lowest BCUT2D eigenvalue weighted by Gasteiger charge is -2.05. The van der Waals surface area contributed by atoms with Crippen LogP contribution in [-0.2, 0) is 0 Å². The zero-order chi connectivity index (χ0) is 11.7. The van der Waals surface area contributed by atoms with E-state index < -0.39 is 4.92 Å². The van der Waals surface area contributed by atoms with E-state index in [2.05, 4.69) is 4.98 Å². The third-order valence-electron chi connectivity index (χ3n) is 2.22. The first kappa shape index (κ1) is 10.2. The van der Waals surface area contributed by atoms with Crippen molar-refractivity contribution in [2.45, 2.75) is 0 Å². The molecule has 82 valence electrons. The maximum absolute atomic E-state index is 10.6. The number of nitrogens with zero attached hydrogens (tertiary/aromatic N) is 2. The fourth-order valence-electron chi connectivity index (χ4n) is 1.44. The Hall–Kier alpha value is -2.37. The molecule has 0 bridgehead atoms. The highest BCUT2D eigenvalue weighted by molar-refractivity contribution is 5.84. The molecule has 0 saturated heterocycles. The third kappa shape index (κ3) is 1.60. The summed E-state index contributed by atoms with van der Waals surface area (Å²) in [6.45, 7) is 0. The van der Waals surface area contributed by atoms with E-state index in [-0.39, 0.29) is 11.5 Å². The fraction of sp³-hybridized carbons (Fsp3) is 0.100. The van der Waals surface area contributed by atoms with Crippen LogP contribution in [0.5, 0.6) is 5.75 Å². The van der Waals surface area contributed by atoms with Gasteiger partial charge in [-0.2, -0.15) is 0 Å². The number of hydrogen-bond acceptors (Lipinski definition) is 5. The van der Waals surface area contributed by atoms with Gasteiger partial charge in [0.05, 0.1) is 17.5 Å². The van der Waals surface area contributed by atoms with Crippen molar-refractivity contribution in [2.24, 2.45) is 0 Å². The van der Waals surface area contributed by atoms with E-state index in [1.165, 1.54) is 19.2 Å². The molecule has 0 fully saturated rings. The van der Waals surface area contributed by atoms with E-state index in [9.17, 15) is 10.1 Å². The van der Waals surface area contributed by atoms with Crippen molar-refractivity contribution >= 4 is 22.4 Å². The van der Waals surface area contributed by atoms with Crippen molar-refractivity contribution in [3.05, 3.63) is 34.4 Å². The average Bonchev–Trinajstić information content (AvgIpc) is 2.27. The van der Waals surface area contributed by atoms with E-state index in [0.29, 0.717) is 16.7 Å². The molecule has 0 aliphatic heterocycles. The van der Waals surface area contributed by atoms with Gasteiger partial charge >= 0.3 is 0 Å². The predicted molar refractivity (Wildman–Crippen MR) is 59.4 cm³/mol. The number of fused-ring (bicyclic) bond motifs is 1. The van der Waals surface area contributed by atoms with Gasteiger partial charge in [0.1, 0.15) is 0 Å². The number of ether oxygens (including phenoxy) is 1. The van der Waals surface area contributed by atoms with Gasteiger partial charge in [-0.1, -0.05) is 0 Å². The largest absolute Gasteiger partial charge is 0.493 e. The second-order valence-corrected chi connectivity index (χ2v) is 3.21. The molecule has 0 spiro atoms. The Balaban J connectivity index is 2.68. The van der Waals surface area contributed by atoms with Crippen molar-refractivity contribution in [3.63, 3.8) is 0 Å². The van der Waals surface area contributed by atoms with Crippen LogP contribution in [0.1, 0.15) is 0 Å². The number of nitrogens with two attached hydrogens (primary N) is 1. The van der Waals surface area contributed by atoms with Gasteiger partial charge in [-0.25, -0.2) is 4.98 Å². The number of anilines is 1. The van der Waals surface area contributed by atoms with Gasteiger partial charge in [0.2, 0.25) is 0 Å². The molecule has 2 N–H and O–H groups in total. The molecule has 0 aliphatic carbocycles. The van der Waals surface area contributed by atoms with E-state index >= 15 is 0 Å². The molecule has 0 amide bonds. The summed E-state index contributed by atoms with van der Waals surface area (Å²) in [6.07, 6.45) is 0. The molecule has 1 aromatic heterocycles. The van der Waals surface area contributed by atoms with E-state index in [1.807, 2.05) is 0 Å². The van der Waals surface area contributed by atoms with Crippen LogP contribution in [0.2, 0.25) is 0 Å². The van der Waals surface area contributed by atoms with Crippen molar-refractivity contribution in [3.8, 4) is 5.75 Å². The number of pyridine rings is 1. The quantitative estimate of drug-likeness (QED) is 0.613. The van der Waals surface area contributed by atoms with E-state index in [0.717, 1.165) is 0 Å². The van der Waals surface area contributed by atoms with Crippen molar-refractivity contribution in [2.75, 3.05) is 12.8 Å². The Labute approximate surface area is 90.8 Å². The monoisotopic (exact) mass is 219 g/mol. The molecule has 2 rings (SSSR count). The zero-order valence-electron chi connectivity index (χ0n) is 8.51. The minimum absolute atomic E-state index is 0.0149. The summed E-state index contributed by atoms with van der Waals surface area (Å²) in [4.78, 5) is 14.2. The minimum Gasteiger partial charge on any atom is -0.493 e. The number of aromatic nitrogens is 1. The highest BCUT2D eigenvalue weighted by Crippen LogP contribution is 2.27. The van der Waals surface area contributed by atoms with Crippen molar-refractivity contribution in [1.29, 1.82) is 0 Å². The topological polar surface area (TPSA) is 91.3 Å². The van der Waals surface area contributed by atoms with Gasteiger partial charge in [-0.05, 0) is 12.1 Å². The number of nitro groups is 1. The van der Waals surface area contributed by atoms with Crippen LogP contribution in [0.3, 0.4) is 0 Å². The minimum atomic E-state index is -0.456. The number of methoxy groups -OCH3 is 1. The predicted octanol–water partition coefficient (Wildman–Crippen LogP) is 1.73. The number of hydrogen-bond donors (Lipinski definition) is 1. The number of rotatable bonds is 2. The van der Waals surface area contributed by atoms with E-state index in [4.69, 9.17) is 10.5 Å². The standard InChI is InChI=1S/C10H9N3O3/c1-16-9-5-6-4-7(13(14)15)2-3-8(6)12-10(9)11/h2-5H,1H3,(H2,11,12). The molecule has 2 aromatic rings. The average molecular weight is 219 g/mol. The third-order valence-corrected chi connectivity index (χ3v) is 2.22. The molecule has 0 aliphatic rings. The maximum atomic E-state index is 10.6. The Morgan fingerprint density at radius 1 is 1.44 bits per heavy atom. The van der Waals surface area contributed by atoms with Crippen LogP contribution in [0.4, 0.5) is 11.5 Å². The Morgan fingerprint density at radius 2 is 2.19 bits per heavy atom. The summed E-state index contributed by atoms with van der Waals surface area (Å²) in [5.74, 6) is 0.678. The van der Waals surface area contributed by atoms with Crippen molar-refractivity contribution in [1.82, 2.24) is 4.98 Å². The molecule has 0 saturated carbocycles. The molecule has 1 heterocycles. The number of nitrogen functional groups attached to an aromatic ring is 1. The molecule has 0 unspecified atom stereocenters. The summed E-state index contributed by atoms with van der Waals surface area (Å²) in [5.41, 5.74) is 6.24. The molecule has 6 nitrogen and oxygen atoms in total. The van der Waals surface area contributed by atoms with Crippen LogP contribution in [0, 0.1) is 10.1 Å². The number of benzene rings is 1. The lowest BCUT2D eigenvalue weighted by molar-refractivity contribution is -0.384. The van der Waals surface area contributed by atoms with Gasteiger partial charge in [0.15, 0.2) is 11.6 Å². The summed E-state index contributed by atoms with van der Waals surface area (Å²) in [5, 5.41) is 11.2. The van der Waals surface area contributed by atoms with Gasteiger partial charge in [0.25, 0.3) is 5.69 Å². The summed E-state index contributed by atoms with van der Waals surface area (Å²) in [6, 6.07) is 6.01. The molecule has 1 aromatic carbocycles. The molecular weight excluding hydrogens is 210 g/mol. The summed E-state index contributed by atoms with van der Waals surface area (Å²) < 4.78 is 5.00. The molecule has 6 heteroatoms. The van der Waals surface area contributed by atoms with Crippen molar-refractivity contribution < 1.29 is 9.66 Å².